The van der Waals surface area contributed by atoms with Crippen molar-refractivity contribution in [3.05, 3.63) is 35.5 Å². The van der Waals surface area contributed by atoms with Gasteiger partial charge in [0, 0.05) is 70.8 Å². The highest BCUT2D eigenvalue weighted by molar-refractivity contribution is 5.93. The topological polar surface area (TPSA) is 265 Å². The van der Waals surface area contributed by atoms with Crippen LogP contribution in [-0.2, 0) is 80.9 Å². The van der Waals surface area contributed by atoms with Crippen molar-refractivity contribution in [2.24, 2.45) is 34.0 Å². The number of carbonyl (C=O) groups excluding carboxylic acids is 7. The molecule has 7 aliphatic rings. The molecule has 0 amide bonds. The van der Waals surface area contributed by atoms with E-state index in [1.165, 1.54) is 32.4 Å². The lowest BCUT2D eigenvalue weighted by molar-refractivity contribution is -0.497. The number of aliphatic hydroxyl groups excluding tert-OH is 1. The molecule has 4 aliphatic carbocycles. The minimum Gasteiger partial charge on any atom is -0.511 e. The lowest BCUT2D eigenvalue weighted by atomic mass is 9.31. The third kappa shape index (κ3) is 5.08. The van der Waals surface area contributed by atoms with Crippen LogP contribution in [0, 0.1) is 34.0 Å². The molecule has 0 radical (unpaired) electrons. The van der Waals surface area contributed by atoms with Gasteiger partial charge in [0.15, 0.2) is 35.1 Å². The summed E-state index contributed by atoms with van der Waals surface area (Å²) in [6.07, 6.45) is -7.82. The molecular weight excluding hydrogens is 836 g/mol. The van der Waals surface area contributed by atoms with Crippen LogP contribution in [0.25, 0.3) is 0 Å². The average molecular weight is 889 g/mol. The van der Waals surface area contributed by atoms with Gasteiger partial charge in [-0.25, -0.2) is 4.79 Å². The third-order valence-electron chi connectivity index (χ3n) is 15.0. The molecule has 3 spiro atoms. The summed E-state index contributed by atoms with van der Waals surface area (Å²) >= 11 is 0. The first-order valence-corrected chi connectivity index (χ1v) is 20.6. The zero-order valence-corrected chi connectivity index (χ0v) is 36.7. The van der Waals surface area contributed by atoms with Crippen molar-refractivity contribution < 1.29 is 95.6 Å². The molecule has 7 fully saturated rings. The first kappa shape index (κ1) is 44.6. The molecule has 1 aromatic heterocycles. The van der Waals surface area contributed by atoms with Gasteiger partial charge in [0.25, 0.3) is 5.97 Å². The quantitative estimate of drug-likeness (QED) is 0.140. The van der Waals surface area contributed by atoms with Crippen LogP contribution in [0.2, 0.25) is 0 Å². The summed E-state index contributed by atoms with van der Waals surface area (Å²) < 4.78 is 69.7. The van der Waals surface area contributed by atoms with Gasteiger partial charge in [0.2, 0.25) is 0 Å². The van der Waals surface area contributed by atoms with E-state index in [9.17, 15) is 39.0 Å². The lowest BCUT2D eigenvalue weighted by Gasteiger charge is -2.78. The van der Waals surface area contributed by atoms with Crippen LogP contribution in [0.3, 0.4) is 0 Å². The maximum Gasteiger partial charge on any atom is 0.338 e. The van der Waals surface area contributed by atoms with Crippen molar-refractivity contribution in [3.8, 4) is 0 Å². The molecule has 63 heavy (non-hydrogen) atoms. The Hall–Kier alpha value is -5.05. The zero-order valence-electron chi connectivity index (χ0n) is 36.7. The highest BCUT2D eigenvalue weighted by atomic mass is 16.9. The maximum absolute atomic E-state index is 15.2. The predicted octanol–water partition coefficient (Wildman–Crippen LogP) is 2.57. The molecule has 8 rings (SSSR count). The second-order valence-corrected chi connectivity index (χ2v) is 18.8. The molecule has 3 aliphatic heterocycles. The van der Waals surface area contributed by atoms with E-state index in [1.807, 2.05) is 0 Å². The number of fused-ring (bicyclic) bond motifs is 3. The molecule has 0 aromatic carbocycles. The largest absolute Gasteiger partial charge is 0.511 e. The Labute approximate surface area is 361 Å². The van der Waals surface area contributed by atoms with Crippen LogP contribution in [0.1, 0.15) is 93.7 Å². The normalized spacial score (nSPS) is 44.5. The van der Waals surface area contributed by atoms with Crippen molar-refractivity contribution in [1.29, 1.82) is 0 Å². The van der Waals surface area contributed by atoms with Crippen LogP contribution in [0.15, 0.2) is 34.3 Å². The Kier molecular flexibility index (Phi) is 9.71. The van der Waals surface area contributed by atoms with E-state index >= 15 is 4.79 Å². The number of hydrogen-bond donors (Lipinski definition) is 2. The molecule has 2 N–H and O–H groups in total. The summed E-state index contributed by atoms with van der Waals surface area (Å²) in [7, 11) is 1.13. The van der Waals surface area contributed by atoms with E-state index in [1.54, 1.807) is 20.8 Å². The molecule has 20 nitrogen and oxygen atoms in total. The summed E-state index contributed by atoms with van der Waals surface area (Å²) in [6.45, 7) is 12.1. The Morgan fingerprint density at radius 1 is 0.873 bits per heavy atom. The molecule has 1 aromatic rings. The molecule has 344 valence electrons. The fourth-order valence-electron chi connectivity index (χ4n) is 13.8. The van der Waals surface area contributed by atoms with Crippen molar-refractivity contribution in [3.63, 3.8) is 0 Å². The number of carbonyl (C=O) groups is 7. The molecule has 4 heterocycles. The van der Waals surface area contributed by atoms with E-state index in [0.717, 1.165) is 41.7 Å². The van der Waals surface area contributed by atoms with Crippen molar-refractivity contribution >= 4 is 41.8 Å². The summed E-state index contributed by atoms with van der Waals surface area (Å²) in [6, 6.07) is 1.44. The van der Waals surface area contributed by atoms with Crippen LogP contribution in [0.5, 0.6) is 0 Å². The number of methoxy groups -OCH3 is 1. The maximum atomic E-state index is 15.2. The highest BCUT2D eigenvalue weighted by Gasteiger charge is 3.08. The van der Waals surface area contributed by atoms with E-state index in [-0.39, 0.29) is 12.0 Å². The summed E-state index contributed by atoms with van der Waals surface area (Å²) in [5.41, 5.74) is -16.7. The third-order valence-corrected chi connectivity index (χ3v) is 15.0. The van der Waals surface area contributed by atoms with Gasteiger partial charge in [-0.15, -0.1) is 0 Å². The van der Waals surface area contributed by atoms with Gasteiger partial charge >= 0.3 is 41.8 Å². The lowest BCUT2D eigenvalue weighted by Crippen LogP contribution is -2.99. The van der Waals surface area contributed by atoms with Gasteiger partial charge in [-0.2, -0.15) is 0 Å². The van der Waals surface area contributed by atoms with Gasteiger partial charge in [-0.05, 0) is 18.4 Å². The predicted molar refractivity (Wildman–Crippen MR) is 203 cm³/mol. The van der Waals surface area contributed by atoms with Gasteiger partial charge in [-0.1, -0.05) is 27.7 Å². The Morgan fingerprint density at radius 2 is 1.51 bits per heavy atom. The molecular formula is C43H52O20. The smallest absolute Gasteiger partial charge is 0.338 e. The van der Waals surface area contributed by atoms with Crippen LogP contribution in [0.4, 0.5) is 0 Å². The van der Waals surface area contributed by atoms with E-state index in [4.69, 9.17) is 51.8 Å². The second kappa shape index (κ2) is 13.7. The van der Waals surface area contributed by atoms with Crippen LogP contribution >= 0.6 is 0 Å². The number of allylic oxidation sites excluding steroid dienone is 1. The first-order chi connectivity index (χ1) is 29.3. The number of ether oxygens (including phenoxy) is 10. The minimum atomic E-state index is -2.75. The molecule has 4 bridgehead atoms. The van der Waals surface area contributed by atoms with Gasteiger partial charge < -0.3 is 62.0 Å². The number of rotatable bonds is 11. The van der Waals surface area contributed by atoms with E-state index in [2.05, 4.69) is 0 Å². The van der Waals surface area contributed by atoms with Crippen molar-refractivity contribution in [2.75, 3.05) is 13.7 Å². The summed E-state index contributed by atoms with van der Waals surface area (Å²) in [5, 5.41) is 26.5. The second-order valence-electron chi connectivity index (χ2n) is 18.8. The van der Waals surface area contributed by atoms with Gasteiger partial charge in [0.1, 0.15) is 30.2 Å². The Bertz CT molecular complexity index is 2230. The molecule has 20 heteroatoms. The van der Waals surface area contributed by atoms with Crippen LogP contribution in [-0.4, -0.2) is 119 Å². The molecule has 0 unspecified atom stereocenters. The zero-order chi connectivity index (χ0) is 46.4. The number of hydrogen-bond acceptors (Lipinski definition) is 20. The van der Waals surface area contributed by atoms with Crippen molar-refractivity contribution in [1.82, 2.24) is 0 Å². The Morgan fingerprint density at radius 3 is 2.05 bits per heavy atom. The number of esters is 7. The summed E-state index contributed by atoms with van der Waals surface area (Å²) in [5.74, 6) is -13.7. The van der Waals surface area contributed by atoms with E-state index < -0.39 is 159 Å². The Balaban J connectivity index is 1.65. The SMILES string of the molecule is COC(=O)C[C@H]1[C@@]2(C)C[C@]34O[C@]5(C)O[C@]67[C@H](/C(=C(\O)C(C)C)C(=O)O[C@@H]6[C@@]3(O)[C@H]2OC(C)=O)[C@](C)([C@@H](OC(C)=O)c2ccoc2)[C@@H](OC(C)=O)[C@@H](OC(C)=O)[C@]7(O5)[C@]14COC(C)=O. The highest BCUT2D eigenvalue weighted by Crippen LogP contribution is 2.90. The van der Waals surface area contributed by atoms with E-state index in [0.29, 0.717) is 0 Å². The minimum absolute atomic E-state index is 0.124. The first-order valence-electron chi connectivity index (χ1n) is 20.6. The average Bonchev–Trinajstić information content (AvgIpc) is 3.87. The molecule has 15 atom stereocenters. The van der Waals surface area contributed by atoms with Gasteiger partial charge in [-0.3, -0.25) is 28.8 Å². The molecule has 4 saturated carbocycles. The number of aliphatic hydroxyl groups is 2. The van der Waals surface area contributed by atoms with Gasteiger partial charge in [0.05, 0.1) is 36.0 Å². The summed E-state index contributed by atoms with van der Waals surface area (Å²) in [4.78, 5) is 96.6. The van der Waals surface area contributed by atoms with Crippen LogP contribution < -0.4 is 0 Å². The monoisotopic (exact) mass is 888 g/mol. The molecule has 3 saturated heterocycles. The number of furan rings is 1. The fraction of sp³-hybridized carbons (Fsp3) is 0.698. The van der Waals surface area contributed by atoms with Crippen molar-refractivity contribution in [2.45, 2.75) is 141 Å². The standard InChI is InChI=1S/C43H52O20/c1-18(2)28(50)27-29-37(9,30(56-20(4)45)24-12-13-54-15-24)31(57-21(5)46)32(58-22(6)47)43-39(17-55-19(3)44)25(14-26(49)53-11)36(8)16-40(39)41(52,34(36)59-23(7)48)35(60-33(27)51)42(29,43)62-38(10,61-40)63-43/h12-13,15,18,25,29-32,34-35,50,52H,14,16-17H2,1-11H3/b28-27+/t25-,29+,30-,31-,32+,34-,35+,36+,37+,38+,39+,40+,41-,42+,43-/m0/s1. The fourth-order valence-corrected chi connectivity index (χ4v) is 13.8.